The van der Waals surface area contributed by atoms with Crippen molar-refractivity contribution in [2.45, 2.75) is 13.8 Å². The average molecular weight is 366 g/mol. The van der Waals surface area contributed by atoms with Crippen LogP contribution in [0.15, 0.2) is 35.4 Å². The summed E-state index contributed by atoms with van der Waals surface area (Å²) in [7, 11) is 0. The van der Waals surface area contributed by atoms with Gasteiger partial charge in [0.15, 0.2) is 0 Å². The number of rotatable bonds is 6. The molecule has 0 atom stereocenters. The molecule has 1 heterocycles. The molecule has 1 aliphatic rings. The number of likely N-dealkylation sites (N-methyl/N-ethyl adjacent to an activating group) is 1. The lowest BCUT2D eigenvalue weighted by molar-refractivity contribution is -0.137. The molecule has 8 heteroatoms. The smallest absolute Gasteiger partial charge is 0.333 e. The molecule has 1 aliphatic heterocycles. The van der Waals surface area contributed by atoms with E-state index in [1.54, 1.807) is 13.8 Å². The number of nitrogens with zero attached hydrogens (tertiary/aromatic N) is 2. The zero-order valence-electron chi connectivity index (χ0n) is 14.0. The Bertz CT molecular complexity index is 690. The van der Waals surface area contributed by atoms with Gasteiger partial charge in [-0.2, -0.15) is 0 Å². The largest absolute Gasteiger partial charge is 0.463 e. The van der Waals surface area contributed by atoms with Crippen molar-refractivity contribution in [3.8, 4) is 0 Å². The molecule has 1 aromatic carbocycles. The van der Waals surface area contributed by atoms with Gasteiger partial charge in [-0.3, -0.25) is 14.5 Å². The van der Waals surface area contributed by atoms with Crippen molar-refractivity contribution in [3.63, 3.8) is 0 Å². The molecule has 134 valence electrons. The fourth-order valence-corrected chi connectivity index (χ4v) is 3.26. The standard InChI is InChI=1S/C17H19FN2O4S/c1-3-19(13-7-5-12(18)6-8-13)14(21)10-20-15(22)11-25-16(20)9-17(23)24-4-2/h5-9H,3-4,10-11H2,1-2H3/b16-9-. The third-order valence-corrected chi connectivity index (χ3v) is 4.51. The maximum atomic E-state index is 13.1. The maximum Gasteiger partial charge on any atom is 0.333 e. The number of anilines is 1. The van der Waals surface area contributed by atoms with Crippen LogP contribution in [0.4, 0.5) is 10.1 Å². The van der Waals surface area contributed by atoms with Crippen LogP contribution in [-0.2, 0) is 19.1 Å². The Morgan fingerprint density at radius 2 is 2.00 bits per heavy atom. The van der Waals surface area contributed by atoms with E-state index in [1.165, 1.54) is 51.9 Å². The van der Waals surface area contributed by atoms with Gasteiger partial charge in [0.25, 0.3) is 0 Å². The van der Waals surface area contributed by atoms with Crippen LogP contribution >= 0.6 is 11.8 Å². The van der Waals surface area contributed by atoms with Crippen molar-refractivity contribution in [2.75, 3.05) is 30.3 Å². The molecule has 0 saturated carbocycles. The molecular formula is C17H19FN2O4S. The Morgan fingerprint density at radius 1 is 1.32 bits per heavy atom. The summed E-state index contributed by atoms with van der Waals surface area (Å²) in [5.74, 6) is -1.34. The van der Waals surface area contributed by atoms with E-state index in [-0.39, 0.29) is 30.7 Å². The molecule has 0 bridgehead atoms. The number of halogens is 1. The van der Waals surface area contributed by atoms with Crippen molar-refractivity contribution < 1.29 is 23.5 Å². The second kappa shape index (κ2) is 8.66. The van der Waals surface area contributed by atoms with E-state index < -0.39 is 11.8 Å². The van der Waals surface area contributed by atoms with Crippen LogP contribution in [0.1, 0.15) is 13.8 Å². The summed E-state index contributed by atoms with van der Waals surface area (Å²) in [5, 5.41) is 0.395. The first kappa shape index (κ1) is 19.0. The second-order valence-electron chi connectivity index (χ2n) is 5.12. The summed E-state index contributed by atoms with van der Waals surface area (Å²) in [4.78, 5) is 39.0. The van der Waals surface area contributed by atoms with Crippen LogP contribution in [0.5, 0.6) is 0 Å². The first-order valence-corrected chi connectivity index (χ1v) is 8.82. The number of hydrogen-bond acceptors (Lipinski definition) is 5. The lowest BCUT2D eigenvalue weighted by Crippen LogP contribution is -2.40. The number of ether oxygens (including phenoxy) is 1. The van der Waals surface area contributed by atoms with Crippen LogP contribution < -0.4 is 4.90 Å². The van der Waals surface area contributed by atoms with Crippen molar-refractivity contribution in [1.29, 1.82) is 0 Å². The Morgan fingerprint density at radius 3 is 2.60 bits per heavy atom. The summed E-state index contributed by atoms with van der Waals surface area (Å²) < 4.78 is 17.9. The molecule has 1 fully saturated rings. The summed E-state index contributed by atoms with van der Waals surface area (Å²) in [6.45, 7) is 3.89. The molecule has 0 aromatic heterocycles. The van der Waals surface area contributed by atoms with E-state index >= 15 is 0 Å². The van der Waals surface area contributed by atoms with Crippen LogP contribution in [-0.4, -0.2) is 48.1 Å². The van der Waals surface area contributed by atoms with E-state index in [0.717, 1.165) is 0 Å². The van der Waals surface area contributed by atoms with Gasteiger partial charge < -0.3 is 9.64 Å². The summed E-state index contributed by atoms with van der Waals surface area (Å²) in [5.41, 5.74) is 0.545. The Balaban J connectivity index is 2.14. The minimum atomic E-state index is -0.553. The van der Waals surface area contributed by atoms with Gasteiger partial charge in [0.1, 0.15) is 12.4 Å². The summed E-state index contributed by atoms with van der Waals surface area (Å²) in [6, 6.07) is 5.56. The van der Waals surface area contributed by atoms with Gasteiger partial charge in [-0.05, 0) is 38.1 Å². The molecule has 1 aromatic rings. The van der Waals surface area contributed by atoms with E-state index in [4.69, 9.17) is 4.74 Å². The molecule has 6 nitrogen and oxygen atoms in total. The minimum Gasteiger partial charge on any atom is -0.463 e. The monoisotopic (exact) mass is 366 g/mol. The number of hydrogen-bond donors (Lipinski definition) is 0. The fraction of sp³-hybridized carbons (Fsp3) is 0.353. The Labute approximate surface area is 149 Å². The molecule has 0 aliphatic carbocycles. The highest BCUT2D eigenvalue weighted by Crippen LogP contribution is 2.29. The zero-order chi connectivity index (χ0) is 18.4. The fourth-order valence-electron chi connectivity index (χ4n) is 2.33. The number of carbonyl (C=O) groups is 3. The Kier molecular flexibility index (Phi) is 6.58. The van der Waals surface area contributed by atoms with Crippen LogP contribution in [0.25, 0.3) is 0 Å². The van der Waals surface area contributed by atoms with Gasteiger partial charge in [-0.1, -0.05) is 11.8 Å². The van der Waals surface area contributed by atoms with Gasteiger partial charge in [0.2, 0.25) is 11.8 Å². The first-order valence-electron chi connectivity index (χ1n) is 7.83. The van der Waals surface area contributed by atoms with Gasteiger partial charge in [0, 0.05) is 12.2 Å². The lowest BCUT2D eigenvalue weighted by Gasteiger charge is -2.24. The Hall–Kier alpha value is -2.35. The summed E-state index contributed by atoms with van der Waals surface area (Å²) >= 11 is 1.19. The normalized spacial score (nSPS) is 15.6. The summed E-state index contributed by atoms with van der Waals surface area (Å²) in [6.07, 6.45) is 1.22. The molecule has 2 amide bonds. The number of carbonyl (C=O) groups excluding carboxylic acids is 3. The van der Waals surface area contributed by atoms with Crippen LogP contribution in [0, 0.1) is 5.82 Å². The van der Waals surface area contributed by atoms with Crippen molar-refractivity contribution in [3.05, 3.63) is 41.2 Å². The van der Waals surface area contributed by atoms with Gasteiger partial charge >= 0.3 is 5.97 Å². The average Bonchev–Trinajstić information content (AvgIpc) is 2.90. The van der Waals surface area contributed by atoms with Crippen LogP contribution in [0.3, 0.4) is 0 Å². The van der Waals surface area contributed by atoms with Crippen molar-refractivity contribution >= 4 is 35.2 Å². The van der Waals surface area contributed by atoms with E-state index in [2.05, 4.69) is 0 Å². The number of benzene rings is 1. The molecule has 0 spiro atoms. The molecule has 1 saturated heterocycles. The molecule has 2 rings (SSSR count). The number of esters is 1. The predicted molar refractivity (Wildman–Crippen MR) is 93.3 cm³/mol. The predicted octanol–water partition coefficient (Wildman–Crippen LogP) is 2.16. The van der Waals surface area contributed by atoms with Gasteiger partial charge in [-0.15, -0.1) is 0 Å². The third kappa shape index (κ3) is 4.82. The van der Waals surface area contributed by atoms with E-state index in [9.17, 15) is 18.8 Å². The molecular weight excluding hydrogens is 347 g/mol. The zero-order valence-corrected chi connectivity index (χ0v) is 14.8. The quantitative estimate of drug-likeness (QED) is 0.570. The van der Waals surface area contributed by atoms with Gasteiger partial charge in [0.05, 0.1) is 23.5 Å². The van der Waals surface area contributed by atoms with E-state index in [0.29, 0.717) is 17.3 Å². The minimum absolute atomic E-state index is 0.168. The highest BCUT2D eigenvalue weighted by atomic mass is 32.2. The highest BCUT2D eigenvalue weighted by Gasteiger charge is 2.30. The number of thioether (sulfide) groups is 1. The van der Waals surface area contributed by atoms with Crippen LogP contribution in [0.2, 0.25) is 0 Å². The van der Waals surface area contributed by atoms with E-state index in [1.807, 2.05) is 0 Å². The second-order valence-corrected chi connectivity index (χ2v) is 6.11. The first-order chi connectivity index (χ1) is 12.0. The SMILES string of the molecule is CCOC(=O)/C=C1\SCC(=O)N1CC(=O)N(CC)c1ccc(F)cc1. The lowest BCUT2D eigenvalue weighted by atomic mass is 10.2. The van der Waals surface area contributed by atoms with Crippen molar-refractivity contribution in [2.24, 2.45) is 0 Å². The molecule has 25 heavy (non-hydrogen) atoms. The topological polar surface area (TPSA) is 66.9 Å². The number of amides is 2. The maximum absolute atomic E-state index is 13.1. The molecule has 0 unspecified atom stereocenters. The van der Waals surface area contributed by atoms with Crippen molar-refractivity contribution in [1.82, 2.24) is 4.90 Å². The molecule has 0 N–H and O–H groups in total. The highest BCUT2D eigenvalue weighted by molar-refractivity contribution is 8.04. The third-order valence-electron chi connectivity index (χ3n) is 3.49. The molecule has 0 radical (unpaired) electrons. The van der Waals surface area contributed by atoms with Gasteiger partial charge in [-0.25, -0.2) is 9.18 Å².